The number of methoxy groups -OCH3 is 1. The van der Waals surface area contributed by atoms with Crippen molar-refractivity contribution in [1.29, 1.82) is 0 Å². The summed E-state index contributed by atoms with van der Waals surface area (Å²) in [7, 11) is 1.63. The van der Waals surface area contributed by atoms with Crippen LogP contribution in [0.2, 0.25) is 0 Å². The van der Waals surface area contributed by atoms with Gasteiger partial charge in [0, 0.05) is 42.0 Å². The molecule has 0 saturated heterocycles. The molecule has 9 heteroatoms. The summed E-state index contributed by atoms with van der Waals surface area (Å²) < 4.78 is 15.1. The van der Waals surface area contributed by atoms with Crippen LogP contribution in [0.15, 0.2) is 43.0 Å². The highest BCUT2D eigenvalue weighted by Crippen LogP contribution is 2.32. The van der Waals surface area contributed by atoms with Gasteiger partial charge in [0.15, 0.2) is 0 Å². The Morgan fingerprint density at radius 3 is 2.84 bits per heavy atom. The van der Waals surface area contributed by atoms with E-state index in [1.165, 1.54) is 0 Å². The van der Waals surface area contributed by atoms with Gasteiger partial charge in [-0.2, -0.15) is 4.98 Å². The minimum Gasteiger partial charge on any atom is -0.479 e. The van der Waals surface area contributed by atoms with Crippen molar-refractivity contribution >= 4 is 17.1 Å². The third-order valence-corrected chi connectivity index (χ3v) is 5.82. The van der Waals surface area contributed by atoms with E-state index in [4.69, 9.17) is 14.6 Å². The molecule has 4 aromatic rings. The number of ether oxygens (including phenoxy) is 2. The smallest absolute Gasteiger partial charge is 0.244 e. The molecule has 9 nitrogen and oxygen atoms in total. The zero-order chi connectivity index (χ0) is 21.2. The number of fused-ring (bicyclic) bond motifs is 2. The lowest BCUT2D eigenvalue weighted by Gasteiger charge is -2.29. The normalized spacial score (nSPS) is 19.2. The van der Waals surface area contributed by atoms with E-state index in [0.29, 0.717) is 18.4 Å². The molecule has 2 N–H and O–H groups in total. The zero-order valence-electron chi connectivity index (χ0n) is 17.4. The largest absolute Gasteiger partial charge is 0.479 e. The van der Waals surface area contributed by atoms with Crippen molar-refractivity contribution in [3.8, 4) is 17.0 Å². The molecule has 0 spiro atoms. The van der Waals surface area contributed by atoms with Crippen molar-refractivity contribution in [3.63, 3.8) is 0 Å². The third kappa shape index (κ3) is 3.94. The number of anilines is 1. The average Bonchev–Trinajstić information content (AvgIpc) is 3.44. The quantitative estimate of drug-likeness (QED) is 0.473. The first-order valence-electron chi connectivity index (χ1n) is 10.6. The Bertz CT molecular complexity index is 1180. The standard InChI is InChI=1S/C22H26N6O3/c1-30-21-20-18(15-2-7-19-23-9-11-27(19)14-15)8-10-28(20)26-22(25-21)24-16-3-5-17(6-4-16)31-13-12-29/h2,7-11,14,16-17,29H,3-6,12-13H2,1H3,(H,24,26)/t16-,17+. The topological polar surface area (TPSA) is 98.2 Å². The number of hydrogen-bond acceptors (Lipinski definition) is 7. The number of pyridine rings is 1. The molecule has 5 rings (SSSR count). The van der Waals surface area contributed by atoms with Gasteiger partial charge < -0.3 is 24.3 Å². The lowest BCUT2D eigenvalue weighted by molar-refractivity contribution is 0.00718. The first-order valence-corrected chi connectivity index (χ1v) is 10.6. The minimum atomic E-state index is 0.0703. The van der Waals surface area contributed by atoms with Crippen LogP contribution in [-0.4, -0.2) is 61.6 Å². The summed E-state index contributed by atoms with van der Waals surface area (Å²) in [5.74, 6) is 1.08. The summed E-state index contributed by atoms with van der Waals surface area (Å²) in [4.78, 5) is 8.95. The molecule has 1 fully saturated rings. The first kappa shape index (κ1) is 19.8. The highest BCUT2D eigenvalue weighted by Gasteiger charge is 2.23. The number of aliphatic hydroxyl groups is 1. The second-order valence-corrected chi connectivity index (χ2v) is 7.79. The van der Waals surface area contributed by atoms with Crippen LogP contribution >= 0.6 is 0 Å². The van der Waals surface area contributed by atoms with Gasteiger partial charge in [0.25, 0.3) is 0 Å². The van der Waals surface area contributed by atoms with Crippen molar-refractivity contribution in [2.45, 2.75) is 37.8 Å². The molecule has 0 unspecified atom stereocenters. The molecule has 0 radical (unpaired) electrons. The van der Waals surface area contributed by atoms with Gasteiger partial charge in [-0.1, -0.05) is 0 Å². The molecule has 1 aliphatic rings. The predicted molar refractivity (Wildman–Crippen MR) is 116 cm³/mol. The number of aliphatic hydroxyl groups excluding tert-OH is 1. The van der Waals surface area contributed by atoms with Gasteiger partial charge in [0.2, 0.25) is 11.8 Å². The van der Waals surface area contributed by atoms with Gasteiger partial charge >= 0.3 is 0 Å². The molecule has 0 aliphatic heterocycles. The van der Waals surface area contributed by atoms with Crippen LogP contribution in [0.5, 0.6) is 5.88 Å². The van der Waals surface area contributed by atoms with Gasteiger partial charge in [0.1, 0.15) is 11.2 Å². The Hall–Kier alpha value is -3.17. The van der Waals surface area contributed by atoms with Crippen molar-refractivity contribution in [2.24, 2.45) is 0 Å². The number of hydrogen-bond donors (Lipinski definition) is 2. The lowest BCUT2D eigenvalue weighted by Crippen LogP contribution is -2.31. The SMILES string of the molecule is COc1nc(N[C@H]2CC[C@@H](OCCO)CC2)nn2ccc(-c3ccc4nccn4c3)c12. The molecular formula is C22H26N6O3. The molecule has 1 aliphatic carbocycles. The van der Waals surface area contributed by atoms with Crippen molar-refractivity contribution in [2.75, 3.05) is 25.6 Å². The second kappa shape index (κ2) is 8.52. The van der Waals surface area contributed by atoms with E-state index >= 15 is 0 Å². The summed E-state index contributed by atoms with van der Waals surface area (Å²) in [5, 5.41) is 17.0. The van der Waals surface area contributed by atoms with Gasteiger partial charge in [-0.25, -0.2) is 9.50 Å². The van der Waals surface area contributed by atoms with Crippen LogP contribution in [-0.2, 0) is 4.74 Å². The fraction of sp³-hybridized carbons (Fsp3) is 0.409. The highest BCUT2D eigenvalue weighted by molar-refractivity contribution is 5.84. The number of rotatable bonds is 7. The molecule has 31 heavy (non-hydrogen) atoms. The second-order valence-electron chi connectivity index (χ2n) is 7.79. The summed E-state index contributed by atoms with van der Waals surface area (Å²) in [6, 6.07) is 6.34. The maximum Gasteiger partial charge on any atom is 0.244 e. The maximum absolute atomic E-state index is 8.92. The number of nitrogens with one attached hydrogen (secondary N) is 1. The van der Waals surface area contributed by atoms with E-state index in [1.54, 1.807) is 13.3 Å². The molecule has 4 heterocycles. The molecular weight excluding hydrogens is 396 g/mol. The van der Waals surface area contributed by atoms with Gasteiger partial charge in [-0.15, -0.1) is 5.10 Å². The van der Waals surface area contributed by atoms with E-state index in [1.807, 2.05) is 45.7 Å². The molecule has 4 aromatic heterocycles. The maximum atomic E-state index is 8.92. The summed E-state index contributed by atoms with van der Waals surface area (Å²) in [6.07, 6.45) is 11.8. The Balaban J connectivity index is 1.38. The van der Waals surface area contributed by atoms with E-state index in [-0.39, 0.29) is 18.8 Å². The highest BCUT2D eigenvalue weighted by atomic mass is 16.5. The molecule has 0 bridgehead atoms. The number of imidazole rings is 1. The Kier molecular flexibility index (Phi) is 5.44. The molecule has 0 aromatic carbocycles. The summed E-state index contributed by atoms with van der Waals surface area (Å²) in [5.41, 5.74) is 3.77. The van der Waals surface area contributed by atoms with E-state index < -0.39 is 0 Å². The Morgan fingerprint density at radius 1 is 1.16 bits per heavy atom. The van der Waals surface area contributed by atoms with Crippen LogP contribution < -0.4 is 10.1 Å². The molecule has 1 saturated carbocycles. The van der Waals surface area contributed by atoms with Crippen LogP contribution in [0.25, 0.3) is 22.3 Å². The molecule has 0 amide bonds. The first-order chi connectivity index (χ1) is 15.2. The molecule has 162 valence electrons. The zero-order valence-corrected chi connectivity index (χ0v) is 17.4. The fourth-order valence-corrected chi connectivity index (χ4v) is 4.28. The van der Waals surface area contributed by atoms with Gasteiger partial charge in [-0.05, 0) is 43.9 Å². The van der Waals surface area contributed by atoms with Crippen LogP contribution in [0.1, 0.15) is 25.7 Å². The summed E-state index contributed by atoms with van der Waals surface area (Å²) >= 11 is 0. The van der Waals surface area contributed by atoms with E-state index in [0.717, 1.165) is 48.0 Å². The van der Waals surface area contributed by atoms with Crippen molar-refractivity contribution in [3.05, 3.63) is 43.0 Å². The molecule has 0 atom stereocenters. The minimum absolute atomic E-state index is 0.0703. The van der Waals surface area contributed by atoms with E-state index in [2.05, 4.69) is 20.4 Å². The predicted octanol–water partition coefficient (Wildman–Crippen LogP) is 2.78. The fourth-order valence-electron chi connectivity index (χ4n) is 4.28. The number of nitrogens with zero attached hydrogens (tertiary/aromatic N) is 5. The van der Waals surface area contributed by atoms with Gasteiger partial charge in [0.05, 0.1) is 26.4 Å². The van der Waals surface area contributed by atoms with Crippen molar-refractivity contribution < 1.29 is 14.6 Å². The summed E-state index contributed by atoms with van der Waals surface area (Å²) in [6.45, 7) is 0.477. The Labute approximate surface area is 179 Å². The van der Waals surface area contributed by atoms with Crippen molar-refractivity contribution in [1.82, 2.24) is 24.0 Å². The van der Waals surface area contributed by atoms with Crippen LogP contribution in [0.3, 0.4) is 0 Å². The average molecular weight is 422 g/mol. The number of aromatic nitrogens is 5. The van der Waals surface area contributed by atoms with Crippen LogP contribution in [0.4, 0.5) is 5.95 Å². The lowest BCUT2D eigenvalue weighted by atomic mass is 9.93. The van der Waals surface area contributed by atoms with Crippen LogP contribution in [0, 0.1) is 0 Å². The Morgan fingerprint density at radius 2 is 2.03 bits per heavy atom. The monoisotopic (exact) mass is 422 g/mol. The van der Waals surface area contributed by atoms with E-state index in [9.17, 15) is 0 Å². The van der Waals surface area contributed by atoms with Gasteiger partial charge in [-0.3, -0.25) is 0 Å². The third-order valence-electron chi connectivity index (χ3n) is 5.82.